The van der Waals surface area contributed by atoms with Crippen molar-refractivity contribution in [2.75, 3.05) is 19.6 Å². The molecule has 1 aliphatic heterocycles. The van der Waals surface area contributed by atoms with Crippen LogP contribution in [0.25, 0.3) is 0 Å². The molecule has 1 heterocycles. The van der Waals surface area contributed by atoms with Crippen molar-refractivity contribution in [2.24, 2.45) is 0 Å². The third-order valence-electron chi connectivity index (χ3n) is 3.56. The molecule has 112 valence electrons. The first-order valence-corrected chi connectivity index (χ1v) is 8.77. The van der Waals surface area contributed by atoms with Gasteiger partial charge in [0.05, 0.1) is 5.02 Å². The first-order chi connectivity index (χ1) is 9.46. The van der Waals surface area contributed by atoms with Gasteiger partial charge in [-0.1, -0.05) is 24.6 Å². The highest BCUT2D eigenvalue weighted by molar-refractivity contribution is 7.89. The van der Waals surface area contributed by atoms with E-state index in [-0.39, 0.29) is 10.9 Å². The molecule has 0 bridgehead atoms. The monoisotopic (exact) mass is 316 g/mol. The second-order valence-corrected chi connectivity index (χ2v) is 7.46. The molecule has 1 atom stereocenters. The lowest BCUT2D eigenvalue weighted by Gasteiger charge is -2.27. The van der Waals surface area contributed by atoms with E-state index in [4.69, 9.17) is 11.6 Å². The summed E-state index contributed by atoms with van der Waals surface area (Å²) in [6.07, 6.45) is 1.64. The molecule has 0 saturated carbocycles. The number of benzene rings is 1. The Kier molecular flexibility index (Phi) is 5.07. The van der Waals surface area contributed by atoms with Gasteiger partial charge in [-0.15, -0.1) is 0 Å². The van der Waals surface area contributed by atoms with Crippen LogP contribution in [-0.4, -0.2) is 38.4 Å². The van der Waals surface area contributed by atoms with Crippen LogP contribution in [0.3, 0.4) is 0 Å². The van der Waals surface area contributed by atoms with Gasteiger partial charge in [0.1, 0.15) is 4.90 Å². The Morgan fingerprint density at radius 2 is 2.20 bits per heavy atom. The molecule has 4 nitrogen and oxygen atoms in total. The van der Waals surface area contributed by atoms with E-state index in [0.717, 1.165) is 24.9 Å². The van der Waals surface area contributed by atoms with E-state index in [1.807, 2.05) is 13.8 Å². The smallest absolute Gasteiger partial charge is 0.244 e. The number of nitrogens with one attached hydrogen (secondary N) is 1. The fourth-order valence-electron chi connectivity index (χ4n) is 2.55. The minimum absolute atomic E-state index is 0.0253. The van der Waals surface area contributed by atoms with E-state index in [1.165, 1.54) is 0 Å². The predicted molar refractivity (Wildman–Crippen MR) is 81.6 cm³/mol. The summed E-state index contributed by atoms with van der Waals surface area (Å²) in [5, 5.41) is 3.52. The molecular formula is C14H21ClN2O2S. The Morgan fingerprint density at radius 1 is 1.45 bits per heavy atom. The first-order valence-electron chi connectivity index (χ1n) is 6.95. The molecule has 1 aromatic rings. The van der Waals surface area contributed by atoms with Crippen LogP contribution in [-0.2, 0) is 10.0 Å². The summed E-state index contributed by atoms with van der Waals surface area (Å²) < 4.78 is 27.3. The Bertz CT molecular complexity index is 569. The topological polar surface area (TPSA) is 49.4 Å². The summed E-state index contributed by atoms with van der Waals surface area (Å²) in [4.78, 5) is 0.213. The van der Waals surface area contributed by atoms with Crippen molar-refractivity contribution in [3.8, 4) is 0 Å². The Morgan fingerprint density at radius 3 is 2.75 bits per heavy atom. The molecule has 1 saturated heterocycles. The van der Waals surface area contributed by atoms with Crippen molar-refractivity contribution in [2.45, 2.75) is 37.6 Å². The van der Waals surface area contributed by atoms with Crippen molar-refractivity contribution in [3.63, 3.8) is 0 Å². The molecule has 0 amide bonds. The van der Waals surface area contributed by atoms with Gasteiger partial charge in [0.25, 0.3) is 0 Å². The third kappa shape index (κ3) is 3.17. The molecule has 2 rings (SSSR count). The maximum Gasteiger partial charge on any atom is 0.244 e. The van der Waals surface area contributed by atoms with Crippen LogP contribution in [0.1, 0.15) is 25.3 Å². The summed E-state index contributed by atoms with van der Waals surface area (Å²) >= 11 is 6.14. The summed E-state index contributed by atoms with van der Waals surface area (Å²) in [7, 11) is -3.53. The minimum atomic E-state index is -3.53. The molecule has 0 spiro atoms. The zero-order valence-corrected chi connectivity index (χ0v) is 13.5. The molecule has 0 aliphatic carbocycles. The molecule has 6 heteroatoms. The zero-order chi connectivity index (χ0) is 14.8. The lowest BCUT2D eigenvalue weighted by Crippen LogP contribution is -2.42. The maximum absolute atomic E-state index is 12.9. The minimum Gasteiger partial charge on any atom is -0.315 e. The van der Waals surface area contributed by atoms with Crippen LogP contribution in [0.5, 0.6) is 0 Å². The van der Waals surface area contributed by atoms with E-state index < -0.39 is 10.0 Å². The number of halogens is 1. The SMILES string of the molecule is CCCN(C1CCNC1)S(=O)(=O)c1ccc(C)cc1Cl. The number of aryl methyl sites for hydroxylation is 1. The first kappa shape index (κ1) is 15.8. The lowest BCUT2D eigenvalue weighted by atomic mass is 10.2. The molecule has 1 fully saturated rings. The van der Waals surface area contributed by atoms with Crippen LogP contribution in [0.15, 0.2) is 23.1 Å². The summed E-state index contributed by atoms with van der Waals surface area (Å²) in [6, 6.07) is 5.12. The molecule has 0 radical (unpaired) electrons. The van der Waals surface area contributed by atoms with Gasteiger partial charge in [0.2, 0.25) is 10.0 Å². The van der Waals surface area contributed by atoms with Crippen molar-refractivity contribution >= 4 is 21.6 Å². The van der Waals surface area contributed by atoms with Gasteiger partial charge in [-0.3, -0.25) is 0 Å². The predicted octanol–water partition coefficient (Wildman–Crippen LogP) is 2.41. The highest BCUT2D eigenvalue weighted by Gasteiger charge is 2.33. The largest absolute Gasteiger partial charge is 0.315 e. The molecule has 1 aliphatic rings. The summed E-state index contributed by atoms with van der Waals surface area (Å²) in [5.74, 6) is 0. The molecule has 20 heavy (non-hydrogen) atoms. The van der Waals surface area contributed by atoms with Crippen molar-refractivity contribution < 1.29 is 8.42 Å². The van der Waals surface area contributed by atoms with Crippen molar-refractivity contribution in [1.82, 2.24) is 9.62 Å². The second-order valence-electron chi connectivity index (χ2n) is 5.20. The highest BCUT2D eigenvalue weighted by Crippen LogP contribution is 2.28. The van der Waals surface area contributed by atoms with E-state index in [0.29, 0.717) is 18.1 Å². The summed E-state index contributed by atoms with van der Waals surface area (Å²) in [5.41, 5.74) is 0.957. The third-order valence-corrected chi connectivity index (χ3v) is 5.99. The number of hydrogen-bond acceptors (Lipinski definition) is 3. The van der Waals surface area contributed by atoms with Crippen LogP contribution in [0.2, 0.25) is 5.02 Å². The van der Waals surface area contributed by atoms with Gasteiger partial charge in [0.15, 0.2) is 0 Å². The average Bonchev–Trinajstić information content (AvgIpc) is 2.88. The van der Waals surface area contributed by atoms with E-state index >= 15 is 0 Å². The number of rotatable bonds is 5. The lowest BCUT2D eigenvalue weighted by molar-refractivity contribution is 0.335. The maximum atomic E-state index is 12.9. The van der Waals surface area contributed by atoms with Crippen LogP contribution in [0.4, 0.5) is 0 Å². The molecular weight excluding hydrogens is 296 g/mol. The zero-order valence-electron chi connectivity index (χ0n) is 11.9. The average molecular weight is 317 g/mol. The number of sulfonamides is 1. The summed E-state index contributed by atoms with van der Waals surface area (Å²) in [6.45, 7) is 5.98. The van der Waals surface area contributed by atoms with Gasteiger partial charge in [-0.25, -0.2) is 8.42 Å². The number of nitrogens with zero attached hydrogens (tertiary/aromatic N) is 1. The van der Waals surface area contributed by atoms with Crippen molar-refractivity contribution in [1.29, 1.82) is 0 Å². The van der Waals surface area contributed by atoms with Crippen LogP contribution >= 0.6 is 11.6 Å². The Balaban J connectivity index is 2.39. The number of hydrogen-bond donors (Lipinski definition) is 1. The Hall–Kier alpha value is -0.620. The van der Waals surface area contributed by atoms with Crippen LogP contribution < -0.4 is 5.32 Å². The fraction of sp³-hybridized carbons (Fsp3) is 0.571. The standard InChI is InChI=1S/C14H21ClN2O2S/c1-3-8-17(12-6-7-16-10-12)20(18,19)14-5-4-11(2)9-13(14)15/h4-5,9,12,16H,3,6-8,10H2,1-2H3. The molecule has 0 aromatic heterocycles. The van der Waals surface area contributed by atoms with E-state index in [1.54, 1.807) is 22.5 Å². The van der Waals surface area contributed by atoms with E-state index in [9.17, 15) is 8.42 Å². The van der Waals surface area contributed by atoms with Gasteiger partial charge >= 0.3 is 0 Å². The normalized spacial score (nSPS) is 19.7. The molecule has 1 unspecified atom stereocenters. The van der Waals surface area contributed by atoms with Gasteiger partial charge in [-0.05, 0) is 44.0 Å². The van der Waals surface area contributed by atoms with Crippen molar-refractivity contribution in [3.05, 3.63) is 28.8 Å². The van der Waals surface area contributed by atoms with Gasteiger partial charge in [0, 0.05) is 19.1 Å². The molecule has 1 aromatic carbocycles. The van der Waals surface area contributed by atoms with Gasteiger partial charge in [-0.2, -0.15) is 4.31 Å². The highest BCUT2D eigenvalue weighted by atomic mass is 35.5. The van der Waals surface area contributed by atoms with E-state index in [2.05, 4.69) is 5.32 Å². The Labute approximate surface area is 126 Å². The quantitative estimate of drug-likeness (QED) is 0.907. The molecule has 1 N–H and O–H groups in total. The van der Waals surface area contributed by atoms with Gasteiger partial charge < -0.3 is 5.32 Å². The fourth-order valence-corrected chi connectivity index (χ4v) is 4.87. The second kappa shape index (κ2) is 6.43. The van der Waals surface area contributed by atoms with Crippen LogP contribution in [0, 0.1) is 6.92 Å².